The fourth-order valence-electron chi connectivity index (χ4n) is 2.69. The van der Waals surface area contributed by atoms with E-state index in [1.165, 1.54) is 18.0 Å². The van der Waals surface area contributed by atoms with Crippen LogP contribution in [0.1, 0.15) is 34.0 Å². The van der Waals surface area contributed by atoms with Crippen molar-refractivity contribution in [2.24, 2.45) is 5.10 Å². The molecule has 0 spiro atoms. The van der Waals surface area contributed by atoms with Gasteiger partial charge < -0.3 is 9.47 Å². The Morgan fingerprint density at radius 3 is 2.71 bits per heavy atom. The molecule has 160 valence electrons. The average molecular weight is 503 g/mol. The molecule has 0 aliphatic carbocycles. The van der Waals surface area contributed by atoms with Crippen molar-refractivity contribution in [3.63, 3.8) is 0 Å². The highest BCUT2D eigenvalue weighted by atomic mass is 79.9. The standard InChI is InChI=1S/C23H21BrClN3O3/c1-3-30-20-12-17(13-27-28-23(29)18-5-4-10-26-22(18)25)11-19(24)21(20)31-14-16-8-6-15(2)7-9-16/h4-13H,3,14H2,1-2H3,(H,28,29). The highest BCUT2D eigenvalue weighted by Crippen LogP contribution is 2.37. The average Bonchev–Trinajstić information content (AvgIpc) is 2.75. The van der Waals surface area contributed by atoms with Gasteiger partial charge >= 0.3 is 0 Å². The predicted molar refractivity (Wildman–Crippen MR) is 125 cm³/mol. The Kier molecular flexibility index (Phi) is 8.03. The maximum atomic E-state index is 12.2. The molecule has 31 heavy (non-hydrogen) atoms. The highest BCUT2D eigenvalue weighted by molar-refractivity contribution is 9.10. The van der Waals surface area contributed by atoms with Gasteiger partial charge in [-0.2, -0.15) is 5.10 Å². The molecule has 0 atom stereocenters. The second kappa shape index (κ2) is 10.9. The Balaban J connectivity index is 1.73. The number of pyridine rings is 1. The lowest BCUT2D eigenvalue weighted by molar-refractivity contribution is 0.0955. The smallest absolute Gasteiger partial charge is 0.274 e. The maximum absolute atomic E-state index is 12.2. The molecular weight excluding hydrogens is 482 g/mol. The van der Waals surface area contributed by atoms with Crippen LogP contribution in [0.15, 0.2) is 64.3 Å². The van der Waals surface area contributed by atoms with E-state index >= 15 is 0 Å². The molecule has 0 radical (unpaired) electrons. The number of aryl methyl sites for hydroxylation is 1. The first-order valence-corrected chi connectivity index (χ1v) is 10.7. The Labute approximate surface area is 194 Å². The van der Waals surface area contributed by atoms with Gasteiger partial charge in [-0.05, 0) is 65.2 Å². The first kappa shape index (κ1) is 22.8. The van der Waals surface area contributed by atoms with E-state index in [1.54, 1.807) is 18.2 Å². The van der Waals surface area contributed by atoms with Gasteiger partial charge in [0.1, 0.15) is 11.8 Å². The van der Waals surface area contributed by atoms with Crippen LogP contribution in [0, 0.1) is 6.92 Å². The number of nitrogens with one attached hydrogen (secondary N) is 1. The van der Waals surface area contributed by atoms with Crippen molar-refractivity contribution in [1.29, 1.82) is 0 Å². The number of aromatic nitrogens is 1. The monoisotopic (exact) mass is 501 g/mol. The molecule has 2 aromatic carbocycles. The summed E-state index contributed by atoms with van der Waals surface area (Å²) in [5.41, 5.74) is 5.66. The van der Waals surface area contributed by atoms with Crippen LogP contribution in [-0.2, 0) is 6.61 Å². The van der Waals surface area contributed by atoms with Crippen LogP contribution in [0.25, 0.3) is 0 Å². The minimum Gasteiger partial charge on any atom is -0.490 e. The van der Waals surface area contributed by atoms with E-state index in [1.807, 2.05) is 44.2 Å². The van der Waals surface area contributed by atoms with Gasteiger partial charge in [-0.15, -0.1) is 0 Å². The number of amides is 1. The molecule has 0 fully saturated rings. The van der Waals surface area contributed by atoms with Crippen molar-refractivity contribution in [3.05, 3.63) is 86.6 Å². The van der Waals surface area contributed by atoms with Crippen molar-refractivity contribution < 1.29 is 14.3 Å². The van der Waals surface area contributed by atoms with Gasteiger partial charge in [-0.25, -0.2) is 10.4 Å². The summed E-state index contributed by atoms with van der Waals surface area (Å²) < 4.78 is 12.5. The number of rotatable bonds is 8. The summed E-state index contributed by atoms with van der Waals surface area (Å²) in [6.45, 7) is 4.83. The zero-order valence-corrected chi connectivity index (χ0v) is 19.4. The lowest BCUT2D eigenvalue weighted by Crippen LogP contribution is -2.18. The third-order valence-electron chi connectivity index (χ3n) is 4.22. The molecule has 0 saturated carbocycles. The van der Waals surface area contributed by atoms with Crippen LogP contribution in [0.2, 0.25) is 5.15 Å². The van der Waals surface area contributed by atoms with Gasteiger partial charge in [0.05, 0.1) is 22.9 Å². The Morgan fingerprint density at radius 1 is 1.23 bits per heavy atom. The van der Waals surface area contributed by atoms with Crippen molar-refractivity contribution in [2.45, 2.75) is 20.5 Å². The molecule has 1 amide bonds. The molecule has 1 N–H and O–H groups in total. The van der Waals surface area contributed by atoms with Crippen molar-refractivity contribution in [3.8, 4) is 11.5 Å². The molecule has 0 saturated heterocycles. The number of hydrogen-bond acceptors (Lipinski definition) is 5. The zero-order valence-electron chi connectivity index (χ0n) is 17.1. The van der Waals surface area contributed by atoms with E-state index in [9.17, 15) is 4.79 Å². The lowest BCUT2D eigenvalue weighted by Gasteiger charge is -2.15. The summed E-state index contributed by atoms with van der Waals surface area (Å²) in [4.78, 5) is 16.1. The van der Waals surface area contributed by atoms with Crippen LogP contribution < -0.4 is 14.9 Å². The Hall–Kier alpha value is -2.90. The second-order valence-electron chi connectivity index (χ2n) is 6.58. The van der Waals surface area contributed by atoms with Gasteiger partial charge in [0.2, 0.25) is 0 Å². The van der Waals surface area contributed by atoms with Gasteiger partial charge in [0.25, 0.3) is 5.91 Å². The molecule has 1 heterocycles. The summed E-state index contributed by atoms with van der Waals surface area (Å²) >= 11 is 9.47. The summed E-state index contributed by atoms with van der Waals surface area (Å²) in [7, 11) is 0. The molecule has 0 bridgehead atoms. The topological polar surface area (TPSA) is 72.8 Å². The fourth-order valence-corrected chi connectivity index (χ4v) is 3.47. The van der Waals surface area contributed by atoms with Crippen LogP contribution in [-0.4, -0.2) is 23.7 Å². The third-order valence-corrected chi connectivity index (χ3v) is 5.11. The minimum atomic E-state index is -0.448. The van der Waals surface area contributed by atoms with Crippen LogP contribution in [0.4, 0.5) is 0 Å². The SMILES string of the molecule is CCOc1cc(C=NNC(=O)c2cccnc2Cl)cc(Br)c1OCc1ccc(C)cc1. The second-order valence-corrected chi connectivity index (χ2v) is 7.79. The highest BCUT2D eigenvalue weighted by Gasteiger charge is 2.13. The number of benzene rings is 2. The first-order valence-electron chi connectivity index (χ1n) is 9.56. The molecule has 0 aliphatic rings. The maximum Gasteiger partial charge on any atom is 0.274 e. The zero-order chi connectivity index (χ0) is 22.2. The normalized spacial score (nSPS) is 10.8. The van der Waals surface area contributed by atoms with E-state index in [2.05, 4.69) is 31.4 Å². The summed E-state index contributed by atoms with van der Waals surface area (Å²) in [6.07, 6.45) is 3.02. The van der Waals surface area contributed by atoms with E-state index in [0.717, 1.165) is 11.1 Å². The number of hydrogen-bond donors (Lipinski definition) is 1. The van der Waals surface area contributed by atoms with Gasteiger partial charge in [-0.1, -0.05) is 41.4 Å². The lowest BCUT2D eigenvalue weighted by atomic mass is 10.1. The number of carbonyl (C=O) groups excluding carboxylic acids is 1. The summed E-state index contributed by atoms with van der Waals surface area (Å²) in [5, 5.41) is 4.12. The Morgan fingerprint density at radius 2 is 2.00 bits per heavy atom. The minimum absolute atomic E-state index is 0.117. The largest absolute Gasteiger partial charge is 0.490 e. The number of carbonyl (C=O) groups is 1. The van der Waals surface area contributed by atoms with E-state index in [4.69, 9.17) is 21.1 Å². The molecule has 0 aliphatic heterocycles. The van der Waals surface area contributed by atoms with Crippen molar-refractivity contribution in [2.75, 3.05) is 6.61 Å². The molecular formula is C23H21BrClN3O3. The Bertz CT molecular complexity index is 1090. The number of hydrazone groups is 1. The fraction of sp³-hybridized carbons (Fsp3) is 0.174. The number of ether oxygens (including phenoxy) is 2. The van der Waals surface area contributed by atoms with Gasteiger partial charge in [0, 0.05) is 6.20 Å². The molecule has 8 heteroatoms. The van der Waals surface area contributed by atoms with Crippen molar-refractivity contribution >= 4 is 39.7 Å². The molecule has 6 nitrogen and oxygen atoms in total. The summed E-state index contributed by atoms with van der Waals surface area (Å²) in [6, 6.07) is 15.0. The quantitative estimate of drug-likeness (QED) is 0.249. The molecule has 3 aromatic rings. The molecule has 1 aromatic heterocycles. The van der Waals surface area contributed by atoms with Gasteiger partial charge in [-0.3, -0.25) is 4.79 Å². The van der Waals surface area contributed by atoms with Crippen LogP contribution in [0.3, 0.4) is 0 Å². The summed E-state index contributed by atoms with van der Waals surface area (Å²) in [5.74, 6) is 0.731. The first-order chi connectivity index (χ1) is 15.0. The molecule has 0 unspecified atom stereocenters. The number of halogens is 2. The van der Waals surface area contributed by atoms with Crippen molar-refractivity contribution in [1.82, 2.24) is 10.4 Å². The third kappa shape index (κ3) is 6.29. The van der Waals surface area contributed by atoms with Crippen LogP contribution >= 0.6 is 27.5 Å². The predicted octanol–water partition coefficient (Wildman–Crippen LogP) is 5.55. The van der Waals surface area contributed by atoms with E-state index < -0.39 is 5.91 Å². The van der Waals surface area contributed by atoms with Crippen LogP contribution in [0.5, 0.6) is 11.5 Å². The van der Waals surface area contributed by atoms with Gasteiger partial charge in [0.15, 0.2) is 11.5 Å². The molecule has 3 rings (SSSR count). The van der Waals surface area contributed by atoms with E-state index in [-0.39, 0.29) is 10.7 Å². The number of nitrogens with zero attached hydrogens (tertiary/aromatic N) is 2. The van der Waals surface area contributed by atoms with E-state index in [0.29, 0.717) is 29.2 Å².